The highest BCUT2D eigenvalue weighted by atomic mass is 16.3. The van der Waals surface area contributed by atoms with Crippen molar-refractivity contribution in [1.29, 1.82) is 0 Å². The third kappa shape index (κ3) is 36.2. The molecule has 1 amide bonds. The van der Waals surface area contributed by atoms with Crippen LogP contribution in [0.1, 0.15) is 200 Å². The number of aliphatic hydroxyl groups excluding tert-OH is 3. The van der Waals surface area contributed by atoms with Crippen LogP contribution in [-0.2, 0) is 4.79 Å². The minimum atomic E-state index is -1.12. The number of amides is 1. The fraction of sp³-hybridized carbons (Fsp3) is 0.761. The standard InChI is InChI=1S/C46H83NO4/c1-3-5-7-9-11-13-15-17-19-21-23-25-26-28-30-32-34-36-38-40-44(49)43(42-48)47-46(51)45(50)41-39-37-35-33-31-29-27-24-22-20-18-16-14-12-10-8-6-4-2/h12,14,16,18,23,25,30,32,38,40,43-45,48-50H,3-11,13,15,17,19-22,24,26-29,31,33-37,39,41-42H2,1-2H3,(H,47,51)/b14-12-,18-16-,25-23+,32-30+,40-38+. The van der Waals surface area contributed by atoms with Gasteiger partial charge in [0, 0.05) is 0 Å². The quantitative estimate of drug-likeness (QED) is 0.0291. The molecule has 0 aliphatic rings. The number of rotatable bonds is 38. The van der Waals surface area contributed by atoms with Crippen LogP contribution in [0.15, 0.2) is 60.8 Å². The molecule has 0 aliphatic heterocycles. The van der Waals surface area contributed by atoms with Gasteiger partial charge < -0.3 is 20.6 Å². The molecule has 3 atom stereocenters. The smallest absolute Gasteiger partial charge is 0.249 e. The minimum absolute atomic E-state index is 0.385. The van der Waals surface area contributed by atoms with Crippen molar-refractivity contribution in [3.63, 3.8) is 0 Å². The summed E-state index contributed by atoms with van der Waals surface area (Å²) >= 11 is 0. The zero-order valence-corrected chi connectivity index (χ0v) is 33.5. The molecule has 0 saturated heterocycles. The Hall–Kier alpha value is -1.95. The van der Waals surface area contributed by atoms with Crippen molar-refractivity contribution in [2.45, 2.75) is 218 Å². The van der Waals surface area contributed by atoms with Gasteiger partial charge in [0.1, 0.15) is 6.10 Å². The maximum atomic E-state index is 12.5. The fourth-order valence-corrected chi connectivity index (χ4v) is 6.15. The van der Waals surface area contributed by atoms with E-state index in [0.29, 0.717) is 6.42 Å². The van der Waals surface area contributed by atoms with E-state index in [1.165, 1.54) is 135 Å². The van der Waals surface area contributed by atoms with Crippen LogP contribution in [0.5, 0.6) is 0 Å². The van der Waals surface area contributed by atoms with Gasteiger partial charge in [-0.2, -0.15) is 0 Å². The predicted molar refractivity (Wildman–Crippen MR) is 222 cm³/mol. The van der Waals surface area contributed by atoms with Gasteiger partial charge in [-0.05, 0) is 70.6 Å². The Morgan fingerprint density at radius 2 is 0.863 bits per heavy atom. The molecule has 0 heterocycles. The molecule has 5 heteroatoms. The maximum absolute atomic E-state index is 12.5. The van der Waals surface area contributed by atoms with E-state index in [4.69, 9.17) is 0 Å². The molecule has 0 aromatic rings. The first-order valence-electron chi connectivity index (χ1n) is 21.6. The molecule has 5 nitrogen and oxygen atoms in total. The largest absolute Gasteiger partial charge is 0.394 e. The maximum Gasteiger partial charge on any atom is 0.249 e. The zero-order valence-electron chi connectivity index (χ0n) is 33.5. The summed E-state index contributed by atoms with van der Waals surface area (Å²) in [6, 6.07) is -0.825. The van der Waals surface area contributed by atoms with Gasteiger partial charge >= 0.3 is 0 Å². The van der Waals surface area contributed by atoms with Crippen molar-refractivity contribution in [2.75, 3.05) is 6.61 Å². The van der Waals surface area contributed by atoms with Crippen LogP contribution in [0, 0.1) is 0 Å². The van der Waals surface area contributed by atoms with Crippen LogP contribution in [0.25, 0.3) is 0 Å². The van der Waals surface area contributed by atoms with E-state index in [1.807, 2.05) is 6.08 Å². The predicted octanol–water partition coefficient (Wildman–Crippen LogP) is 12.3. The van der Waals surface area contributed by atoms with Crippen LogP contribution < -0.4 is 5.32 Å². The average Bonchev–Trinajstić information content (AvgIpc) is 3.13. The molecule has 0 saturated carbocycles. The highest BCUT2D eigenvalue weighted by Gasteiger charge is 2.22. The van der Waals surface area contributed by atoms with E-state index in [-0.39, 0.29) is 6.61 Å². The van der Waals surface area contributed by atoms with Crippen LogP contribution in [0.3, 0.4) is 0 Å². The monoisotopic (exact) mass is 714 g/mol. The van der Waals surface area contributed by atoms with Crippen LogP contribution >= 0.6 is 0 Å². The van der Waals surface area contributed by atoms with Crippen molar-refractivity contribution < 1.29 is 20.1 Å². The molecule has 0 radical (unpaired) electrons. The van der Waals surface area contributed by atoms with Crippen molar-refractivity contribution in [3.05, 3.63) is 60.8 Å². The lowest BCUT2D eigenvalue weighted by Crippen LogP contribution is -2.48. The SMILES string of the molecule is CCCCC/C=C\C=C/CCCCCCCCCCCC(O)C(=O)NC(CO)C(O)/C=C/CC/C=C/CC/C=C/CCCCCCCCCCC. The van der Waals surface area contributed by atoms with Crippen LogP contribution in [-0.4, -0.2) is 46.1 Å². The van der Waals surface area contributed by atoms with Crippen molar-refractivity contribution >= 4 is 5.91 Å². The van der Waals surface area contributed by atoms with Gasteiger partial charge in [-0.1, -0.05) is 190 Å². The fourth-order valence-electron chi connectivity index (χ4n) is 6.15. The highest BCUT2D eigenvalue weighted by Crippen LogP contribution is 2.14. The number of hydrogen-bond donors (Lipinski definition) is 4. The molecular formula is C46H83NO4. The average molecular weight is 714 g/mol. The summed E-state index contributed by atoms with van der Waals surface area (Å²) in [6.07, 6.45) is 53.8. The number of unbranched alkanes of at least 4 members (excludes halogenated alkanes) is 23. The summed E-state index contributed by atoms with van der Waals surface area (Å²) in [5.41, 5.74) is 0. The number of aliphatic hydroxyl groups is 3. The Balaban J connectivity index is 3.78. The van der Waals surface area contributed by atoms with E-state index < -0.39 is 24.2 Å². The van der Waals surface area contributed by atoms with Gasteiger partial charge in [0.25, 0.3) is 0 Å². The van der Waals surface area contributed by atoms with E-state index in [9.17, 15) is 20.1 Å². The second-order valence-electron chi connectivity index (χ2n) is 14.6. The molecular weight excluding hydrogens is 631 g/mol. The second kappa shape index (κ2) is 40.8. The molecule has 0 aromatic carbocycles. The Kier molecular flexibility index (Phi) is 39.3. The van der Waals surface area contributed by atoms with Gasteiger partial charge in [0.05, 0.1) is 18.8 Å². The van der Waals surface area contributed by atoms with Crippen molar-refractivity contribution in [3.8, 4) is 0 Å². The molecule has 4 N–H and O–H groups in total. The lowest BCUT2D eigenvalue weighted by atomic mass is 10.0. The number of carbonyl (C=O) groups excluding carboxylic acids is 1. The molecule has 51 heavy (non-hydrogen) atoms. The second-order valence-corrected chi connectivity index (χ2v) is 14.6. The van der Waals surface area contributed by atoms with E-state index in [0.717, 1.165) is 44.9 Å². The van der Waals surface area contributed by atoms with Crippen molar-refractivity contribution in [2.24, 2.45) is 0 Å². The third-order valence-electron chi connectivity index (χ3n) is 9.59. The number of nitrogens with one attached hydrogen (secondary N) is 1. The third-order valence-corrected chi connectivity index (χ3v) is 9.59. The molecule has 0 rings (SSSR count). The molecule has 3 unspecified atom stereocenters. The molecule has 296 valence electrons. The summed E-state index contributed by atoms with van der Waals surface area (Å²) in [6.45, 7) is 4.13. The Morgan fingerprint density at radius 3 is 1.35 bits per heavy atom. The summed E-state index contributed by atoms with van der Waals surface area (Å²) in [4.78, 5) is 12.5. The van der Waals surface area contributed by atoms with E-state index >= 15 is 0 Å². The first-order chi connectivity index (χ1) is 25.1. The van der Waals surface area contributed by atoms with Gasteiger partial charge in [0.2, 0.25) is 5.91 Å². The number of carbonyl (C=O) groups is 1. The van der Waals surface area contributed by atoms with Crippen LogP contribution in [0.4, 0.5) is 0 Å². The van der Waals surface area contributed by atoms with Gasteiger partial charge in [0.15, 0.2) is 0 Å². The Morgan fingerprint density at radius 1 is 0.490 bits per heavy atom. The molecule has 0 fully saturated rings. The van der Waals surface area contributed by atoms with Gasteiger partial charge in [-0.3, -0.25) is 4.79 Å². The number of hydrogen-bond acceptors (Lipinski definition) is 4. The molecule has 0 spiro atoms. The van der Waals surface area contributed by atoms with E-state index in [2.05, 4.69) is 67.8 Å². The molecule has 0 bridgehead atoms. The Labute approximate surface area is 316 Å². The molecule has 0 aliphatic carbocycles. The normalized spacial score (nSPS) is 14.2. The number of allylic oxidation sites excluding steroid dienone is 9. The van der Waals surface area contributed by atoms with Crippen molar-refractivity contribution in [1.82, 2.24) is 5.32 Å². The topological polar surface area (TPSA) is 89.8 Å². The summed E-state index contributed by atoms with van der Waals surface area (Å²) in [5.74, 6) is -0.524. The highest BCUT2D eigenvalue weighted by molar-refractivity contribution is 5.80. The van der Waals surface area contributed by atoms with Gasteiger partial charge in [-0.25, -0.2) is 0 Å². The lowest BCUT2D eigenvalue weighted by Gasteiger charge is -2.21. The van der Waals surface area contributed by atoms with E-state index in [1.54, 1.807) is 6.08 Å². The first-order valence-corrected chi connectivity index (χ1v) is 21.6. The summed E-state index contributed by atoms with van der Waals surface area (Å²) in [5, 5.41) is 33.1. The van der Waals surface area contributed by atoms with Gasteiger partial charge in [-0.15, -0.1) is 0 Å². The summed E-state index contributed by atoms with van der Waals surface area (Å²) < 4.78 is 0. The minimum Gasteiger partial charge on any atom is -0.394 e. The lowest BCUT2D eigenvalue weighted by molar-refractivity contribution is -0.131. The molecule has 0 aromatic heterocycles. The first kappa shape index (κ1) is 49.0. The zero-order chi connectivity index (χ0) is 37.3. The van der Waals surface area contributed by atoms with Crippen LogP contribution in [0.2, 0.25) is 0 Å². The Bertz CT molecular complexity index is 876. The summed E-state index contributed by atoms with van der Waals surface area (Å²) in [7, 11) is 0.